The number of benzene rings is 2. The Labute approximate surface area is 191 Å². The lowest BCUT2D eigenvalue weighted by molar-refractivity contribution is -0.385. The third-order valence-corrected chi connectivity index (χ3v) is 5.53. The van der Waals surface area contributed by atoms with Crippen molar-refractivity contribution in [1.29, 1.82) is 0 Å². The Bertz CT molecular complexity index is 1150. The van der Waals surface area contributed by atoms with Gasteiger partial charge >= 0.3 is 5.97 Å². The van der Waals surface area contributed by atoms with E-state index in [1.54, 1.807) is 24.3 Å². The Morgan fingerprint density at radius 3 is 2.36 bits per heavy atom. The Balaban J connectivity index is 1.75. The molecular formula is C22H19FN2O7S. The number of nitro groups is 1. The zero-order valence-electron chi connectivity index (χ0n) is 17.6. The van der Waals surface area contributed by atoms with Gasteiger partial charge in [0, 0.05) is 10.9 Å². The monoisotopic (exact) mass is 474 g/mol. The van der Waals surface area contributed by atoms with E-state index in [1.165, 1.54) is 37.7 Å². The van der Waals surface area contributed by atoms with Gasteiger partial charge in [-0.2, -0.15) is 0 Å². The van der Waals surface area contributed by atoms with Crippen molar-refractivity contribution in [3.05, 3.63) is 85.8 Å². The molecule has 1 heterocycles. The highest BCUT2D eigenvalue weighted by atomic mass is 32.1. The molecule has 2 aromatic carbocycles. The molecule has 0 bridgehead atoms. The molecule has 33 heavy (non-hydrogen) atoms. The van der Waals surface area contributed by atoms with Crippen LogP contribution in [0.3, 0.4) is 0 Å². The Kier molecular flexibility index (Phi) is 7.57. The van der Waals surface area contributed by atoms with Crippen LogP contribution in [0, 0.1) is 15.9 Å². The number of amides is 1. The summed E-state index contributed by atoms with van der Waals surface area (Å²) in [6.45, 7) is -0.687. The molecule has 1 unspecified atom stereocenters. The number of nitrogens with one attached hydrogen (secondary N) is 1. The van der Waals surface area contributed by atoms with Crippen molar-refractivity contribution in [1.82, 2.24) is 5.32 Å². The van der Waals surface area contributed by atoms with Gasteiger partial charge in [-0.15, -0.1) is 11.3 Å². The van der Waals surface area contributed by atoms with E-state index < -0.39 is 46.5 Å². The fraction of sp³-hybridized carbons (Fsp3) is 0.182. The normalized spacial score (nSPS) is 11.4. The van der Waals surface area contributed by atoms with E-state index in [-0.39, 0.29) is 11.5 Å². The molecule has 0 aliphatic heterocycles. The third kappa shape index (κ3) is 5.63. The second-order valence-electron chi connectivity index (χ2n) is 6.63. The lowest BCUT2D eigenvalue weighted by Gasteiger charge is -2.18. The summed E-state index contributed by atoms with van der Waals surface area (Å²) in [5, 5.41) is 15.9. The van der Waals surface area contributed by atoms with Crippen LogP contribution in [0.1, 0.15) is 26.8 Å². The molecule has 1 N–H and O–H groups in total. The van der Waals surface area contributed by atoms with Crippen molar-refractivity contribution in [3.8, 4) is 11.5 Å². The first-order valence-electron chi connectivity index (χ1n) is 9.49. The van der Waals surface area contributed by atoms with E-state index in [2.05, 4.69) is 5.32 Å². The first-order valence-corrected chi connectivity index (χ1v) is 10.4. The summed E-state index contributed by atoms with van der Waals surface area (Å²) in [5.41, 5.74) is -0.311. The summed E-state index contributed by atoms with van der Waals surface area (Å²) in [7, 11) is 2.61. The molecule has 0 aliphatic rings. The molecule has 0 aliphatic carbocycles. The van der Waals surface area contributed by atoms with Gasteiger partial charge in [-0.3, -0.25) is 14.9 Å². The fourth-order valence-electron chi connectivity index (χ4n) is 3.02. The second-order valence-corrected chi connectivity index (χ2v) is 7.60. The quantitative estimate of drug-likeness (QED) is 0.284. The van der Waals surface area contributed by atoms with Crippen LogP contribution in [0.15, 0.2) is 53.9 Å². The number of nitro benzene ring substituents is 1. The summed E-state index contributed by atoms with van der Waals surface area (Å²) >= 11 is 1.39. The lowest BCUT2D eigenvalue weighted by atomic mass is 10.1. The van der Waals surface area contributed by atoms with Crippen molar-refractivity contribution in [2.24, 2.45) is 0 Å². The van der Waals surface area contributed by atoms with E-state index in [9.17, 15) is 24.1 Å². The number of nitrogens with zero attached hydrogens (tertiary/aromatic N) is 1. The maximum atomic E-state index is 13.3. The van der Waals surface area contributed by atoms with E-state index in [0.29, 0.717) is 5.56 Å². The van der Waals surface area contributed by atoms with Crippen LogP contribution in [0.25, 0.3) is 0 Å². The van der Waals surface area contributed by atoms with E-state index in [4.69, 9.17) is 14.2 Å². The molecule has 0 radical (unpaired) electrons. The number of hydrogen-bond acceptors (Lipinski definition) is 8. The largest absolute Gasteiger partial charge is 0.493 e. The maximum Gasteiger partial charge on any atom is 0.345 e. The number of esters is 1. The van der Waals surface area contributed by atoms with Crippen molar-refractivity contribution in [2.75, 3.05) is 20.8 Å². The molecule has 11 heteroatoms. The number of methoxy groups -OCH3 is 2. The van der Waals surface area contributed by atoms with Crippen LogP contribution >= 0.6 is 11.3 Å². The highest BCUT2D eigenvalue weighted by molar-refractivity contribution is 7.10. The van der Waals surface area contributed by atoms with Crippen molar-refractivity contribution in [3.63, 3.8) is 0 Å². The predicted molar refractivity (Wildman–Crippen MR) is 117 cm³/mol. The zero-order chi connectivity index (χ0) is 24.0. The summed E-state index contributed by atoms with van der Waals surface area (Å²) < 4.78 is 28.4. The summed E-state index contributed by atoms with van der Waals surface area (Å²) in [6.07, 6.45) is 0. The molecule has 0 saturated carbocycles. The number of hydrogen-bond donors (Lipinski definition) is 1. The van der Waals surface area contributed by atoms with Gasteiger partial charge < -0.3 is 19.5 Å². The number of carbonyl (C=O) groups is 2. The molecule has 0 fully saturated rings. The van der Waals surface area contributed by atoms with Crippen LogP contribution in [0.4, 0.5) is 10.1 Å². The number of ether oxygens (including phenoxy) is 3. The first kappa shape index (κ1) is 23.7. The zero-order valence-corrected chi connectivity index (χ0v) is 18.4. The van der Waals surface area contributed by atoms with E-state index in [1.807, 2.05) is 5.38 Å². The molecular weight excluding hydrogens is 455 g/mol. The highest BCUT2D eigenvalue weighted by Crippen LogP contribution is 2.35. The molecule has 0 spiro atoms. The van der Waals surface area contributed by atoms with Gasteiger partial charge in [0.05, 0.1) is 31.3 Å². The second kappa shape index (κ2) is 10.6. The molecule has 0 saturated heterocycles. The average molecular weight is 474 g/mol. The minimum Gasteiger partial charge on any atom is -0.493 e. The van der Waals surface area contributed by atoms with Gasteiger partial charge in [0.1, 0.15) is 11.4 Å². The lowest BCUT2D eigenvalue weighted by Crippen LogP contribution is -2.32. The van der Waals surface area contributed by atoms with Gasteiger partial charge in [-0.05, 0) is 29.1 Å². The number of carbonyl (C=O) groups excluding carboxylic acids is 2. The van der Waals surface area contributed by atoms with Crippen LogP contribution in [-0.4, -0.2) is 37.6 Å². The standard InChI is InChI=1S/C22H19FN2O7S/c1-30-17-10-15(16(25(28)29)11-18(17)31-2)22(27)32-12-20(26)24-21(19-4-3-9-33-19)13-5-7-14(23)8-6-13/h3-11,21H,12H2,1-2H3,(H,24,26). The van der Waals surface area contributed by atoms with E-state index >= 15 is 0 Å². The minimum atomic E-state index is -1.08. The molecule has 172 valence electrons. The van der Waals surface area contributed by atoms with E-state index in [0.717, 1.165) is 17.0 Å². The Hall–Kier alpha value is -3.99. The number of thiophene rings is 1. The number of halogens is 1. The van der Waals surface area contributed by atoms with Gasteiger partial charge in [-0.25, -0.2) is 9.18 Å². The molecule has 1 atom stereocenters. The SMILES string of the molecule is COc1cc(C(=O)OCC(=O)NC(c2ccc(F)cc2)c2cccs2)c([N+](=O)[O-])cc1OC. The molecule has 9 nitrogen and oxygen atoms in total. The van der Waals surface area contributed by atoms with Gasteiger partial charge in [-0.1, -0.05) is 18.2 Å². The van der Waals surface area contributed by atoms with Crippen LogP contribution in [0.2, 0.25) is 0 Å². The Morgan fingerprint density at radius 2 is 1.79 bits per heavy atom. The molecule has 1 aromatic heterocycles. The summed E-state index contributed by atoms with van der Waals surface area (Å²) in [4.78, 5) is 36.5. The van der Waals surface area contributed by atoms with Crippen molar-refractivity contribution < 1.29 is 33.1 Å². The van der Waals surface area contributed by atoms with Crippen LogP contribution in [-0.2, 0) is 9.53 Å². The number of rotatable bonds is 9. The molecule has 1 amide bonds. The maximum absolute atomic E-state index is 13.3. The average Bonchev–Trinajstić information content (AvgIpc) is 3.35. The highest BCUT2D eigenvalue weighted by Gasteiger charge is 2.27. The predicted octanol–water partition coefficient (Wildman–Crippen LogP) is 3.88. The summed E-state index contributed by atoms with van der Waals surface area (Å²) in [6, 6.07) is 10.8. The molecule has 3 aromatic rings. The van der Waals surface area contributed by atoms with Crippen LogP contribution in [0.5, 0.6) is 11.5 Å². The topological polar surface area (TPSA) is 117 Å². The fourth-order valence-corrected chi connectivity index (χ4v) is 3.83. The smallest absolute Gasteiger partial charge is 0.345 e. The van der Waals surface area contributed by atoms with Crippen molar-refractivity contribution >= 4 is 28.9 Å². The third-order valence-electron chi connectivity index (χ3n) is 4.59. The van der Waals surface area contributed by atoms with Gasteiger partial charge in [0.2, 0.25) is 0 Å². The molecule has 3 rings (SSSR count). The van der Waals surface area contributed by atoms with Gasteiger partial charge in [0.15, 0.2) is 18.1 Å². The minimum absolute atomic E-state index is 0.0663. The first-order chi connectivity index (χ1) is 15.8. The summed E-state index contributed by atoms with van der Waals surface area (Å²) in [5.74, 6) is -1.98. The Morgan fingerprint density at radius 1 is 1.12 bits per heavy atom. The van der Waals surface area contributed by atoms with Gasteiger partial charge in [0.25, 0.3) is 11.6 Å². The van der Waals surface area contributed by atoms with Crippen LogP contribution < -0.4 is 14.8 Å². The van der Waals surface area contributed by atoms with Crippen molar-refractivity contribution in [2.45, 2.75) is 6.04 Å².